The summed E-state index contributed by atoms with van der Waals surface area (Å²) in [6.45, 7) is 19.9. The molecular formula is C63H68N16. The number of nitrogens with one attached hydrogen (secondary N) is 5. The van der Waals surface area contributed by atoms with Gasteiger partial charge in [-0.1, -0.05) is 62.9 Å². The Morgan fingerprint density at radius 1 is 0.519 bits per heavy atom. The standard InChI is InChI=1S/C32H30N8.C29H32N8.C2H6/c1-21(22-7-4-3-5-8-22)35-25-15-23(18-33-20-25)24-16-27-31(37-38-32(27)34-19-24)29-17-26-28(36-29)9-6-10-30(26)40-13-11-39(2)12-14-40;1-35-9-11-37(12-10-35)27-6-4-5-25-23(27)15-26(32-25)28-24-14-22(18-31-29(24)34-33-28)21-13-20(16-30-17-21)19-36-7-2-3-8-36;1-2/h3-10,15-20,35-36H,1,11-14H2,2H3,(H,34,37,38);4-6,13-18,32H,2-3,7-12,19H2,1H3,(H,31,33,34);1-2H3. The number of aromatic nitrogens is 10. The van der Waals surface area contributed by atoms with Gasteiger partial charge in [-0.15, -0.1) is 0 Å². The van der Waals surface area contributed by atoms with Crippen molar-refractivity contribution in [2.45, 2.75) is 33.2 Å². The largest absolute Gasteiger partial charge is 0.368 e. The van der Waals surface area contributed by atoms with Crippen molar-refractivity contribution in [2.75, 3.05) is 94.7 Å². The molecule has 3 fully saturated rings. The molecule has 14 rings (SSSR count). The highest BCUT2D eigenvalue weighted by Gasteiger charge is 2.22. The van der Waals surface area contributed by atoms with Crippen LogP contribution in [-0.2, 0) is 6.54 Å². The topological polar surface area (TPSA) is 169 Å². The highest BCUT2D eigenvalue weighted by atomic mass is 15.3. The van der Waals surface area contributed by atoms with Crippen LogP contribution in [0.25, 0.3) is 94.6 Å². The van der Waals surface area contributed by atoms with E-state index in [1.165, 1.54) is 53.6 Å². The molecule has 8 aromatic heterocycles. The number of pyridine rings is 4. The van der Waals surface area contributed by atoms with Crippen molar-refractivity contribution in [1.82, 2.24) is 65.0 Å². The van der Waals surface area contributed by atoms with E-state index in [-0.39, 0.29) is 0 Å². The van der Waals surface area contributed by atoms with Crippen molar-refractivity contribution in [2.24, 2.45) is 0 Å². The quantitative estimate of drug-likeness (QED) is 0.0833. The number of H-pyrrole nitrogens is 4. The first-order chi connectivity index (χ1) is 38.8. The fraction of sp³-hybridized carbons (Fsp3) is 0.270. The zero-order valence-corrected chi connectivity index (χ0v) is 45.6. The second-order valence-corrected chi connectivity index (χ2v) is 20.8. The number of likely N-dealkylation sites (tertiary alicyclic amines) is 1. The Kier molecular flexibility index (Phi) is 14.7. The molecule has 400 valence electrons. The lowest BCUT2D eigenvalue weighted by atomic mass is 10.1. The predicted octanol–water partition coefficient (Wildman–Crippen LogP) is 11.5. The zero-order chi connectivity index (χ0) is 53.8. The van der Waals surface area contributed by atoms with Crippen LogP contribution in [0.1, 0.15) is 37.8 Å². The number of benzene rings is 3. The van der Waals surface area contributed by atoms with Gasteiger partial charge in [0.05, 0.1) is 34.7 Å². The lowest BCUT2D eigenvalue weighted by Gasteiger charge is -2.34. The first-order valence-corrected chi connectivity index (χ1v) is 27.8. The summed E-state index contributed by atoms with van der Waals surface area (Å²) in [5.41, 5.74) is 18.1. The molecule has 0 radical (unpaired) electrons. The van der Waals surface area contributed by atoms with Gasteiger partial charge in [0.2, 0.25) is 0 Å². The number of hydrogen-bond acceptors (Lipinski definition) is 12. The molecule has 16 nitrogen and oxygen atoms in total. The van der Waals surface area contributed by atoms with Crippen molar-refractivity contribution >= 4 is 66.6 Å². The molecule has 0 atom stereocenters. The number of nitrogens with zero attached hydrogens (tertiary/aromatic N) is 11. The molecular weight excluding hydrogens is 981 g/mol. The third-order valence-electron chi connectivity index (χ3n) is 15.6. The maximum Gasteiger partial charge on any atom is 0.181 e. The molecule has 0 spiro atoms. The summed E-state index contributed by atoms with van der Waals surface area (Å²) in [5, 5.41) is 23.3. The molecule has 3 aliphatic rings. The van der Waals surface area contributed by atoms with Crippen LogP contribution in [-0.4, -0.2) is 145 Å². The van der Waals surface area contributed by atoms with Gasteiger partial charge in [-0.2, -0.15) is 10.2 Å². The molecule has 0 saturated carbocycles. The molecule has 11 heterocycles. The Morgan fingerprint density at radius 2 is 1.03 bits per heavy atom. The number of hydrogen-bond donors (Lipinski definition) is 5. The van der Waals surface area contributed by atoms with Gasteiger partial charge in [0.25, 0.3) is 0 Å². The van der Waals surface area contributed by atoms with Gasteiger partial charge in [0.1, 0.15) is 0 Å². The summed E-state index contributed by atoms with van der Waals surface area (Å²) in [4.78, 5) is 37.8. The zero-order valence-electron chi connectivity index (χ0n) is 45.6. The van der Waals surface area contributed by atoms with Crippen molar-refractivity contribution in [1.29, 1.82) is 0 Å². The van der Waals surface area contributed by atoms with Crippen LogP contribution in [0, 0.1) is 0 Å². The molecule has 0 aliphatic carbocycles. The van der Waals surface area contributed by atoms with E-state index in [2.05, 4.69) is 174 Å². The lowest BCUT2D eigenvalue weighted by molar-refractivity contribution is 0.313. The Labute approximate surface area is 460 Å². The fourth-order valence-electron chi connectivity index (χ4n) is 11.2. The molecule has 16 heteroatoms. The van der Waals surface area contributed by atoms with Crippen LogP contribution in [0.2, 0.25) is 0 Å². The fourth-order valence-corrected chi connectivity index (χ4v) is 11.2. The highest BCUT2D eigenvalue weighted by Crippen LogP contribution is 2.37. The van der Waals surface area contributed by atoms with Gasteiger partial charge in [-0.3, -0.25) is 25.1 Å². The van der Waals surface area contributed by atoms with E-state index in [0.29, 0.717) is 5.65 Å². The van der Waals surface area contributed by atoms with E-state index in [1.54, 1.807) is 6.20 Å². The van der Waals surface area contributed by atoms with E-state index in [9.17, 15) is 0 Å². The predicted molar refractivity (Wildman–Crippen MR) is 323 cm³/mol. The summed E-state index contributed by atoms with van der Waals surface area (Å²) < 4.78 is 0. The molecule has 3 aromatic carbocycles. The molecule has 0 bridgehead atoms. The first kappa shape index (κ1) is 51.1. The van der Waals surface area contributed by atoms with Crippen LogP contribution >= 0.6 is 0 Å². The van der Waals surface area contributed by atoms with E-state index in [1.807, 2.05) is 75.2 Å². The van der Waals surface area contributed by atoms with Gasteiger partial charge in [-0.25, -0.2) is 9.97 Å². The second kappa shape index (κ2) is 22.7. The summed E-state index contributed by atoms with van der Waals surface area (Å²) in [6, 6.07) is 36.2. The second-order valence-electron chi connectivity index (χ2n) is 20.8. The Bertz CT molecular complexity index is 3880. The number of fused-ring (bicyclic) bond motifs is 4. The van der Waals surface area contributed by atoms with Gasteiger partial charge < -0.3 is 34.9 Å². The molecule has 11 aromatic rings. The first-order valence-electron chi connectivity index (χ1n) is 27.8. The van der Waals surface area contributed by atoms with Gasteiger partial charge >= 0.3 is 0 Å². The smallest absolute Gasteiger partial charge is 0.181 e. The molecule has 79 heavy (non-hydrogen) atoms. The normalized spacial score (nSPS) is 15.4. The Hall–Kier alpha value is -8.70. The van der Waals surface area contributed by atoms with Crippen molar-refractivity contribution in [3.63, 3.8) is 0 Å². The third-order valence-corrected chi connectivity index (χ3v) is 15.6. The van der Waals surface area contributed by atoms with Gasteiger partial charge in [-0.05, 0) is 112 Å². The molecule has 0 amide bonds. The number of piperazine rings is 2. The van der Waals surface area contributed by atoms with Crippen LogP contribution < -0.4 is 15.1 Å². The van der Waals surface area contributed by atoms with E-state index >= 15 is 0 Å². The van der Waals surface area contributed by atoms with Crippen molar-refractivity contribution in [3.05, 3.63) is 158 Å². The lowest BCUT2D eigenvalue weighted by Crippen LogP contribution is -2.44. The van der Waals surface area contributed by atoms with E-state index in [0.717, 1.165) is 148 Å². The highest BCUT2D eigenvalue weighted by molar-refractivity contribution is 6.01. The van der Waals surface area contributed by atoms with Crippen LogP contribution in [0.3, 0.4) is 0 Å². The molecule has 3 aliphatic heterocycles. The molecule has 3 saturated heterocycles. The minimum Gasteiger partial charge on any atom is -0.368 e. The maximum absolute atomic E-state index is 4.68. The maximum atomic E-state index is 4.68. The molecule has 0 unspecified atom stereocenters. The minimum atomic E-state index is 0.677. The average molecular weight is 1050 g/mol. The third kappa shape index (κ3) is 10.8. The minimum absolute atomic E-state index is 0.677. The Morgan fingerprint density at radius 3 is 1.57 bits per heavy atom. The van der Waals surface area contributed by atoms with Crippen LogP contribution in [0.5, 0.6) is 0 Å². The number of likely N-dealkylation sites (N-methyl/N-ethyl adjacent to an activating group) is 2. The average Bonchev–Trinajstić information content (AvgIpc) is 4.49. The van der Waals surface area contributed by atoms with Gasteiger partial charge in [0.15, 0.2) is 11.3 Å². The number of anilines is 3. The van der Waals surface area contributed by atoms with Crippen LogP contribution in [0.4, 0.5) is 17.1 Å². The number of aromatic amines is 4. The summed E-state index contributed by atoms with van der Waals surface area (Å²) in [5.74, 6) is 0. The summed E-state index contributed by atoms with van der Waals surface area (Å²) in [6.07, 6.45) is 13.9. The van der Waals surface area contributed by atoms with E-state index < -0.39 is 0 Å². The number of rotatable bonds is 11. The van der Waals surface area contributed by atoms with Gasteiger partial charge in [0, 0.05) is 162 Å². The van der Waals surface area contributed by atoms with Crippen LogP contribution in [0.15, 0.2) is 147 Å². The SMILES string of the molecule is C=C(Nc1cncc(-c2cnc3n[nH]c(-c4cc5c(N6CCN(C)CC6)cccc5[nH]4)c3c2)c1)c1ccccc1.CC.CN1CCN(c2cccc3[nH]c(-c4[nH]nc5ncc(-c6cncc(CN7CCCC7)c6)cc45)cc23)CC1. The molecule has 5 N–H and O–H groups in total. The summed E-state index contributed by atoms with van der Waals surface area (Å²) >= 11 is 0. The van der Waals surface area contributed by atoms with Crippen molar-refractivity contribution in [3.8, 4) is 45.0 Å². The summed E-state index contributed by atoms with van der Waals surface area (Å²) in [7, 11) is 4.38. The van der Waals surface area contributed by atoms with Crippen molar-refractivity contribution < 1.29 is 0 Å². The van der Waals surface area contributed by atoms with E-state index in [4.69, 9.17) is 0 Å². The monoisotopic (exact) mass is 1050 g/mol. The Balaban J connectivity index is 0.000000153.